The van der Waals surface area contributed by atoms with Crippen LogP contribution in [0, 0.1) is 24.2 Å². The Hall–Kier alpha value is -3.03. The number of nitrogens with zero attached hydrogens (tertiary/aromatic N) is 4. The molecule has 44 heavy (non-hydrogen) atoms. The Morgan fingerprint density at radius 1 is 0.886 bits per heavy atom. The van der Waals surface area contributed by atoms with Crippen molar-refractivity contribution in [3.05, 3.63) is 5.53 Å². The fraction of sp³-hybridized carbons (Fsp3) is 0.767. The summed E-state index contributed by atoms with van der Waals surface area (Å²) in [5.41, 5.74) is 6.88. The van der Waals surface area contributed by atoms with Gasteiger partial charge < -0.3 is 38.6 Å². The van der Waals surface area contributed by atoms with E-state index in [1.807, 2.05) is 41.5 Å². The zero-order valence-electron chi connectivity index (χ0n) is 27.8. The third-order valence-electron chi connectivity index (χ3n) is 6.52. The average Bonchev–Trinajstić information content (AvgIpc) is 2.93. The van der Waals surface area contributed by atoms with E-state index in [0.717, 1.165) is 72.6 Å². The van der Waals surface area contributed by atoms with E-state index in [9.17, 15) is 23.7 Å². The van der Waals surface area contributed by atoms with Crippen molar-refractivity contribution < 1.29 is 47.1 Å². The summed E-state index contributed by atoms with van der Waals surface area (Å²) < 4.78 is 30.8. The molecule has 0 N–H and O–H groups in total. The third-order valence-corrected chi connectivity index (χ3v) is 8.40. The summed E-state index contributed by atoms with van der Waals surface area (Å²) in [5.74, 6) is 3.04. The van der Waals surface area contributed by atoms with Crippen molar-refractivity contribution >= 4 is 37.3 Å². The van der Waals surface area contributed by atoms with Gasteiger partial charge >= 0.3 is 25.2 Å². The number of hydrogen-bond donors (Lipinski definition) is 0. The number of aldehydes is 1. The molecule has 2 heterocycles. The maximum Gasteiger partial charge on any atom is 0.446 e. The number of rotatable bonds is 7. The van der Waals surface area contributed by atoms with Crippen molar-refractivity contribution in [2.45, 2.75) is 98.2 Å². The lowest BCUT2D eigenvalue weighted by molar-refractivity contribution is -0.114. The standard InChI is InChI=1S/C13H21NO2.C12H21NO3.C5H9N2O4P/c1-5-6-11-7-9-14(10-8-11)12(15)16-13(2,3)4;1-12(2,3)16-11(15)13-7-4-10(5-8-13)6-9-14;1-4(8)5(7-6)12(9,10-2)11-3/h1,11H,6-10H2,2-4H3;9-10H,4-8H2,1-3H3;1-3H3. The number of carbonyl (C=O) groups is 4. The molecular formula is C30H51N4O9P. The lowest BCUT2D eigenvalue weighted by Gasteiger charge is -2.32. The summed E-state index contributed by atoms with van der Waals surface area (Å²) in [6.45, 7) is 15.3. The average molecular weight is 643 g/mol. The number of ketones is 1. The topological polar surface area (TPSA) is 165 Å². The first-order chi connectivity index (χ1) is 20.4. The van der Waals surface area contributed by atoms with Crippen LogP contribution >= 0.6 is 7.60 Å². The summed E-state index contributed by atoms with van der Waals surface area (Å²) in [5, 5.41) is 0. The molecule has 2 saturated heterocycles. The molecule has 2 aliphatic rings. The van der Waals surface area contributed by atoms with Gasteiger partial charge in [0.2, 0.25) is 5.78 Å². The molecule has 0 aromatic heterocycles. The summed E-state index contributed by atoms with van der Waals surface area (Å²) in [7, 11) is -1.51. The van der Waals surface area contributed by atoms with E-state index in [0.29, 0.717) is 31.3 Å². The van der Waals surface area contributed by atoms with E-state index in [1.165, 1.54) is 0 Å². The van der Waals surface area contributed by atoms with E-state index in [-0.39, 0.29) is 12.2 Å². The minimum Gasteiger partial charge on any atom is -0.444 e. The van der Waals surface area contributed by atoms with Gasteiger partial charge in [0.1, 0.15) is 17.5 Å². The molecule has 0 aromatic carbocycles. The Balaban J connectivity index is 0.000000639. The molecule has 0 aliphatic carbocycles. The Morgan fingerprint density at radius 2 is 1.27 bits per heavy atom. The normalized spacial score (nSPS) is 16.1. The van der Waals surface area contributed by atoms with Gasteiger partial charge in [0.25, 0.3) is 0 Å². The highest BCUT2D eigenvalue weighted by atomic mass is 31.2. The number of Topliss-reactive ketones (excluding diaryl/α,β-unsaturated/α-hetero) is 1. The minimum atomic E-state index is -3.70. The van der Waals surface area contributed by atoms with Crippen LogP contribution in [-0.2, 0) is 32.7 Å². The van der Waals surface area contributed by atoms with Crippen LogP contribution in [0.25, 0.3) is 5.53 Å². The second-order valence-corrected chi connectivity index (χ2v) is 14.6. The molecule has 0 aromatic rings. The molecule has 2 rings (SSSR count). The van der Waals surface area contributed by atoms with Crippen molar-refractivity contribution in [1.29, 1.82) is 0 Å². The van der Waals surface area contributed by atoms with Crippen LogP contribution in [0.5, 0.6) is 0 Å². The second-order valence-electron chi connectivity index (χ2n) is 12.5. The van der Waals surface area contributed by atoms with Gasteiger partial charge in [-0.2, -0.15) is 4.79 Å². The molecule has 0 saturated carbocycles. The van der Waals surface area contributed by atoms with Gasteiger partial charge in [-0.15, -0.1) is 12.3 Å². The van der Waals surface area contributed by atoms with Gasteiger partial charge in [-0.25, -0.2) is 14.2 Å². The fourth-order valence-electron chi connectivity index (χ4n) is 4.19. The number of carbonyl (C=O) groups excluding carboxylic acids is 4. The van der Waals surface area contributed by atoms with Crippen molar-refractivity contribution in [3.63, 3.8) is 0 Å². The van der Waals surface area contributed by atoms with Crippen LogP contribution in [0.1, 0.15) is 87.0 Å². The quantitative estimate of drug-likeness (QED) is 0.0862. The number of amides is 2. The highest BCUT2D eigenvalue weighted by molar-refractivity contribution is 7.74. The molecule has 2 fully saturated rings. The fourth-order valence-corrected chi connectivity index (χ4v) is 5.18. The van der Waals surface area contributed by atoms with Gasteiger partial charge in [0.15, 0.2) is 0 Å². The first-order valence-electron chi connectivity index (χ1n) is 14.6. The van der Waals surface area contributed by atoms with Crippen LogP contribution in [0.3, 0.4) is 0 Å². The molecule has 0 radical (unpaired) electrons. The number of terminal acetylenes is 1. The third kappa shape index (κ3) is 16.2. The van der Waals surface area contributed by atoms with Crippen molar-refractivity contribution in [2.75, 3.05) is 40.4 Å². The molecule has 0 spiro atoms. The van der Waals surface area contributed by atoms with Gasteiger partial charge in [-0.1, -0.05) is 0 Å². The first-order valence-corrected chi connectivity index (χ1v) is 16.2. The van der Waals surface area contributed by atoms with Gasteiger partial charge in [0.05, 0.1) is 0 Å². The first kappa shape index (κ1) is 41.0. The minimum absolute atomic E-state index is 0.202. The van der Waals surface area contributed by atoms with Crippen molar-refractivity contribution in [1.82, 2.24) is 9.80 Å². The Bertz CT molecular complexity index is 1080. The smallest absolute Gasteiger partial charge is 0.444 e. The highest BCUT2D eigenvalue weighted by Crippen LogP contribution is 2.47. The second kappa shape index (κ2) is 19.4. The SMILES string of the molecule is C#CCC1CCN(C(=O)OC(C)(C)C)CC1.CC(C)(C)OC(=O)N1CCC(CC=O)CC1.COP(=O)(OC)C(=[N+]=[N-])C(C)=O. The van der Waals surface area contributed by atoms with Gasteiger partial charge in [-0.05, 0) is 79.1 Å². The van der Waals surface area contributed by atoms with E-state index in [4.69, 9.17) is 21.4 Å². The summed E-state index contributed by atoms with van der Waals surface area (Å²) in [6.07, 6.45) is 11.0. The molecule has 2 aliphatic heterocycles. The predicted molar refractivity (Wildman–Crippen MR) is 166 cm³/mol. The van der Waals surface area contributed by atoms with E-state index in [2.05, 4.69) is 19.8 Å². The summed E-state index contributed by atoms with van der Waals surface area (Å²) >= 11 is 0. The summed E-state index contributed by atoms with van der Waals surface area (Å²) in [6, 6.07) is 0. The van der Waals surface area contributed by atoms with Crippen LogP contribution in [0.4, 0.5) is 9.59 Å². The lowest BCUT2D eigenvalue weighted by Crippen LogP contribution is -2.41. The van der Waals surface area contributed by atoms with E-state index < -0.39 is 30.0 Å². The molecule has 0 bridgehead atoms. The van der Waals surface area contributed by atoms with E-state index in [1.54, 1.807) is 9.80 Å². The maximum absolute atomic E-state index is 11.7. The molecule has 250 valence electrons. The van der Waals surface area contributed by atoms with Gasteiger partial charge in [-0.3, -0.25) is 4.79 Å². The predicted octanol–water partition coefficient (Wildman–Crippen LogP) is 5.57. The monoisotopic (exact) mass is 642 g/mol. The van der Waals surface area contributed by atoms with Crippen molar-refractivity contribution in [3.8, 4) is 12.3 Å². The number of ether oxygens (including phenoxy) is 2. The molecule has 2 amide bonds. The molecule has 14 heteroatoms. The number of likely N-dealkylation sites (tertiary alicyclic amines) is 2. The van der Waals surface area contributed by atoms with Crippen LogP contribution < -0.4 is 0 Å². The molecule has 0 atom stereocenters. The van der Waals surface area contributed by atoms with Crippen LogP contribution in [0.2, 0.25) is 0 Å². The maximum atomic E-state index is 11.7. The van der Waals surface area contributed by atoms with Crippen molar-refractivity contribution in [2.24, 2.45) is 11.8 Å². The Labute approximate surface area is 262 Å². The Morgan fingerprint density at radius 3 is 1.52 bits per heavy atom. The van der Waals surface area contributed by atoms with Gasteiger partial charge in [0, 0.05) is 60.2 Å². The summed E-state index contributed by atoms with van der Waals surface area (Å²) in [4.78, 5) is 50.6. The largest absolute Gasteiger partial charge is 0.446 e. The Kier molecular flexibility index (Phi) is 18.0. The van der Waals surface area contributed by atoms with E-state index >= 15 is 0 Å². The zero-order valence-corrected chi connectivity index (χ0v) is 28.7. The lowest BCUT2D eigenvalue weighted by atomic mass is 9.94. The molecule has 13 nitrogen and oxygen atoms in total. The zero-order chi connectivity index (χ0) is 34.1. The number of piperidine rings is 2. The van der Waals surface area contributed by atoms with Crippen LogP contribution in [0.15, 0.2) is 0 Å². The van der Waals surface area contributed by atoms with Crippen LogP contribution in [-0.4, -0.2) is 95.9 Å². The highest BCUT2D eigenvalue weighted by Gasteiger charge is 2.41. The number of hydrogen-bond acceptors (Lipinski definition) is 9. The molecule has 0 unspecified atom stereocenters. The molecular weight excluding hydrogens is 591 g/mol.